The molecule has 1 aliphatic rings. The van der Waals surface area contributed by atoms with Crippen LogP contribution < -0.4 is 0 Å². The molecule has 0 N–H and O–H groups in total. The third kappa shape index (κ3) is 2.88. The van der Waals surface area contributed by atoms with Gasteiger partial charge in [0.25, 0.3) is 5.91 Å². The summed E-state index contributed by atoms with van der Waals surface area (Å²) in [4.78, 5) is 14.4. The molecule has 2 atom stereocenters. The van der Waals surface area contributed by atoms with Crippen molar-refractivity contribution >= 4 is 5.91 Å². The molecule has 0 unspecified atom stereocenters. The van der Waals surface area contributed by atoms with E-state index in [1.165, 1.54) is 23.0 Å². The predicted molar refractivity (Wildman–Crippen MR) is 80.0 cm³/mol. The fourth-order valence-electron chi connectivity index (χ4n) is 3.18. The monoisotopic (exact) mass is 338 g/mol. The minimum Gasteiger partial charge on any atom is -0.330 e. The molecule has 0 bridgehead atoms. The van der Waals surface area contributed by atoms with E-state index in [1.807, 2.05) is 6.92 Å². The van der Waals surface area contributed by atoms with Gasteiger partial charge in [-0.3, -0.25) is 4.79 Å². The molecule has 1 aromatic carbocycles. The average molecular weight is 338 g/mol. The van der Waals surface area contributed by atoms with Gasteiger partial charge in [0.05, 0.1) is 17.8 Å². The van der Waals surface area contributed by atoms with Crippen LogP contribution in [0.1, 0.15) is 41.0 Å². The molecule has 0 spiro atoms. The zero-order valence-electron chi connectivity index (χ0n) is 13.3. The lowest BCUT2D eigenvalue weighted by Gasteiger charge is -2.27. The lowest BCUT2D eigenvalue weighted by atomic mass is 9.94. The van der Waals surface area contributed by atoms with E-state index >= 15 is 0 Å². The van der Waals surface area contributed by atoms with Crippen molar-refractivity contribution in [3.05, 3.63) is 47.3 Å². The maximum absolute atomic E-state index is 12.7. The highest BCUT2D eigenvalue weighted by Crippen LogP contribution is 2.39. The third-order valence-corrected chi connectivity index (χ3v) is 4.47. The maximum atomic E-state index is 12.7. The fourth-order valence-corrected chi connectivity index (χ4v) is 3.18. The molecule has 1 saturated heterocycles. The Kier molecular flexibility index (Phi) is 4.06. The van der Waals surface area contributed by atoms with Crippen molar-refractivity contribution in [3.63, 3.8) is 0 Å². The molecule has 0 saturated carbocycles. The molecule has 0 aliphatic carbocycles. The smallest absolute Gasteiger partial charge is 0.330 e. The summed E-state index contributed by atoms with van der Waals surface area (Å²) in [7, 11) is 1.63. The molecule has 1 aromatic heterocycles. The predicted octanol–water partition coefficient (Wildman–Crippen LogP) is 3.06. The van der Waals surface area contributed by atoms with Crippen molar-refractivity contribution in [2.45, 2.75) is 25.6 Å². The highest BCUT2D eigenvalue weighted by molar-refractivity contribution is 5.92. The average Bonchev–Trinajstić information content (AvgIpc) is 3.12. The van der Waals surface area contributed by atoms with Gasteiger partial charge in [-0.15, -0.1) is 5.10 Å². The molecule has 24 heavy (non-hydrogen) atoms. The molecule has 0 radical (unpaired) electrons. The maximum Gasteiger partial charge on any atom is 0.416 e. The zero-order valence-corrected chi connectivity index (χ0v) is 13.3. The number of likely N-dealkylation sites (tertiary alicyclic amines) is 1. The Balaban J connectivity index is 1.90. The topological polar surface area (TPSA) is 51.0 Å². The van der Waals surface area contributed by atoms with Gasteiger partial charge in [-0.05, 0) is 30.0 Å². The van der Waals surface area contributed by atoms with Crippen LogP contribution in [-0.2, 0) is 13.2 Å². The lowest BCUT2D eigenvalue weighted by Crippen LogP contribution is -2.33. The highest BCUT2D eigenvalue weighted by Gasteiger charge is 2.37. The van der Waals surface area contributed by atoms with Crippen molar-refractivity contribution in [3.8, 4) is 0 Å². The van der Waals surface area contributed by atoms with Gasteiger partial charge >= 0.3 is 6.18 Å². The second-order valence-corrected chi connectivity index (χ2v) is 6.07. The number of aromatic nitrogens is 3. The van der Waals surface area contributed by atoms with E-state index in [-0.39, 0.29) is 17.9 Å². The number of nitrogens with zero attached hydrogens (tertiary/aromatic N) is 4. The summed E-state index contributed by atoms with van der Waals surface area (Å²) in [6.07, 6.45) is -2.17. The van der Waals surface area contributed by atoms with Crippen LogP contribution in [-0.4, -0.2) is 32.3 Å². The Morgan fingerprint density at radius 1 is 1.25 bits per heavy atom. The first-order chi connectivity index (χ1) is 11.3. The van der Waals surface area contributed by atoms with Gasteiger partial charge in [0.1, 0.15) is 5.69 Å². The Bertz CT molecular complexity index is 739. The fraction of sp³-hybridized carbons (Fsp3) is 0.438. The van der Waals surface area contributed by atoms with Crippen LogP contribution in [0.4, 0.5) is 13.2 Å². The Hall–Kier alpha value is -2.38. The van der Waals surface area contributed by atoms with Crippen LogP contribution >= 0.6 is 0 Å². The van der Waals surface area contributed by atoms with Crippen molar-refractivity contribution in [1.29, 1.82) is 0 Å². The molecular formula is C16H17F3N4O. The summed E-state index contributed by atoms with van der Waals surface area (Å²) in [5.41, 5.74) is 0.378. The van der Waals surface area contributed by atoms with E-state index in [1.54, 1.807) is 11.9 Å². The van der Waals surface area contributed by atoms with Gasteiger partial charge in [-0.25, -0.2) is 4.68 Å². The van der Waals surface area contributed by atoms with Crippen molar-refractivity contribution in [2.24, 2.45) is 13.0 Å². The first-order valence-electron chi connectivity index (χ1n) is 7.62. The number of rotatable bonds is 2. The third-order valence-electron chi connectivity index (χ3n) is 4.47. The second kappa shape index (κ2) is 5.92. The minimum absolute atomic E-state index is 0.159. The van der Waals surface area contributed by atoms with Crippen LogP contribution in [0, 0.1) is 5.92 Å². The van der Waals surface area contributed by atoms with E-state index in [0.717, 1.165) is 18.6 Å². The van der Waals surface area contributed by atoms with Crippen LogP contribution in [0.3, 0.4) is 0 Å². The number of hydrogen-bond acceptors (Lipinski definition) is 3. The van der Waals surface area contributed by atoms with E-state index in [9.17, 15) is 18.0 Å². The Morgan fingerprint density at radius 3 is 2.46 bits per heavy atom. The summed E-state index contributed by atoms with van der Waals surface area (Å²) >= 11 is 0. The molecule has 5 nitrogen and oxygen atoms in total. The van der Waals surface area contributed by atoms with Gasteiger partial charge in [0.15, 0.2) is 0 Å². The number of carbonyl (C=O) groups is 1. The standard InChI is InChI=1S/C16H17F3N4O/c1-10-7-8-23(15(24)13-9-20-21-22(13)2)14(10)11-3-5-12(6-4-11)16(17,18)19/h3-6,9-10,14H,7-8H2,1-2H3/t10-,14-/m0/s1. The summed E-state index contributed by atoms with van der Waals surface area (Å²) in [6.45, 7) is 2.55. The lowest BCUT2D eigenvalue weighted by molar-refractivity contribution is -0.137. The van der Waals surface area contributed by atoms with Gasteiger partial charge < -0.3 is 4.90 Å². The SMILES string of the molecule is C[C@H]1CCN(C(=O)c2cnnn2C)[C@@H]1c1ccc(C(F)(F)F)cc1. The van der Waals surface area contributed by atoms with Gasteiger partial charge in [-0.2, -0.15) is 13.2 Å². The number of amides is 1. The highest BCUT2D eigenvalue weighted by atomic mass is 19.4. The molecule has 2 heterocycles. The van der Waals surface area contributed by atoms with Crippen molar-refractivity contribution in [2.75, 3.05) is 6.54 Å². The van der Waals surface area contributed by atoms with Crippen molar-refractivity contribution < 1.29 is 18.0 Å². The molecule has 1 fully saturated rings. The molecule has 2 aromatic rings. The zero-order chi connectivity index (χ0) is 17.5. The van der Waals surface area contributed by atoms with Crippen LogP contribution in [0.5, 0.6) is 0 Å². The van der Waals surface area contributed by atoms with Crippen LogP contribution in [0.2, 0.25) is 0 Å². The number of hydrogen-bond donors (Lipinski definition) is 0. The van der Waals surface area contributed by atoms with Crippen LogP contribution in [0.15, 0.2) is 30.5 Å². The number of halogens is 3. The summed E-state index contributed by atoms with van der Waals surface area (Å²) < 4.78 is 39.6. The second-order valence-electron chi connectivity index (χ2n) is 6.07. The van der Waals surface area contributed by atoms with Gasteiger partial charge in [-0.1, -0.05) is 24.3 Å². The molecule has 1 aliphatic heterocycles. The van der Waals surface area contributed by atoms with Gasteiger partial charge in [0, 0.05) is 13.6 Å². The van der Waals surface area contributed by atoms with Crippen LogP contribution in [0.25, 0.3) is 0 Å². The number of aryl methyl sites for hydroxylation is 1. The summed E-state index contributed by atoms with van der Waals surface area (Å²) in [6, 6.07) is 4.78. The minimum atomic E-state index is -4.37. The first kappa shape index (κ1) is 16.5. The summed E-state index contributed by atoms with van der Waals surface area (Å²) in [5.74, 6) is -0.0522. The van der Waals surface area contributed by atoms with Crippen molar-refractivity contribution in [1.82, 2.24) is 19.9 Å². The molecule has 128 valence electrons. The quantitative estimate of drug-likeness (QED) is 0.846. The normalized spacial score (nSPS) is 21.3. The summed E-state index contributed by atoms with van der Waals surface area (Å²) in [5, 5.41) is 7.47. The molecular weight excluding hydrogens is 321 g/mol. The van der Waals surface area contributed by atoms with E-state index in [2.05, 4.69) is 10.3 Å². The number of alkyl halides is 3. The van der Waals surface area contributed by atoms with E-state index in [0.29, 0.717) is 17.8 Å². The van der Waals surface area contributed by atoms with E-state index < -0.39 is 11.7 Å². The Labute approximate surface area is 137 Å². The molecule has 8 heteroatoms. The number of benzene rings is 1. The van der Waals surface area contributed by atoms with Gasteiger partial charge in [0.2, 0.25) is 0 Å². The molecule has 1 amide bonds. The van der Waals surface area contributed by atoms with E-state index in [4.69, 9.17) is 0 Å². The molecule has 3 rings (SSSR count). The largest absolute Gasteiger partial charge is 0.416 e. The Morgan fingerprint density at radius 2 is 1.92 bits per heavy atom. The first-order valence-corrected chi connectivity index (χ1v) is 7.62. The number of carbonyl (C=O) groups excluding carboxylic acids is 1.